The van der Waals surface area contributed by atoms with E-state index < -0.39 is 5.79 Å². The zero-order valence-electron chi connectivity index (χ0n) is 15.7. The minimum atomic E-state index is -0.674. The molecule has 2 aliphatic rings. The molecule has 0 unspecified atom stereocenters. The van der Waals surface area contributed by atoms with Gasteiger partial charge in [-0.15, -0.1) is 0 Å². The van der Waals surface area contributed by atoms with Crippen LogP contribution in [0.2, 0.25) is 0 Å². The number of anilines is 2. The second-order valence-corrected chi connectivity index (χ2v) is 7.36. The first-order chi connectivity index (χ1) is 13.9. The molecule has 3 aromatic rings. The van der Waals surface area contributed by atoms with Crippen LogP contribution in [0.1, 0.15) is 24.4 Å². The van der Waals surface area contributed by atoms with Crippen molar-refractivity contribution in [1.29, 1.82) is 0 Å². The number of hydrogen-bond donors (Lipinski definition) is 1. The second kappa shape index (κ2) is 7.30. The SMILES string of the molecule is c1ccc(N[C@H]2[C@@H](c3ccccc3)N(c3ccccc3)O[C@]23CCCO3)cc1. The van der Waals surface area contributed by atoms with E-state index in [1.165, 1.54) is 5.56 Å². The quantitative estimate of drug-likeness (QED) is 0.685. The normalized spacial score (nSPS) is 26.6. The fourth-order valence-electron chi connectivity index (χ4n) is 4.28. The molecule has 0 bridgehead atoms. The Hall–Kier alpha value is -2.82. The Morgan fingerprint density at radius 1 is 0.821 bits per heavy atom. The topological polar surface area (TPSA) is 33.7 Å². The third kappa shape index (κ3) is 3.05. The number of nitrogens with zero attached hydrogens (tertiary/aromatic N) is 1. The van der Waals surface area contributed by atoms with Crippen molar-refractivity contribution in [2.24, 2.45) is 0 Å². The highest BCUT2D eigenvalue weighted by Crippen LogP contribution is 2.49. The maximum Gasteiger partial charge on any atom is 0.217 e. The molecule has 0 radical (unpaired) electrons. The maximum atomic E-state index is 6.60. The lowest BCUT2D eigenvalue weighted by atomic mass is 9.92. The summed E-state index contributed by atoms with van der Waals surface area (Å²) in [7, 11) is 0. The van der Waals surface area contributed by atoms with E-state index >= 15 is 0 Å². The van der Waals surface area contributed by atoms with Crippen LogP contribution in [0.4, 0.5) is 11.4 Å². The molecule has 2 fully saturated rings. The molecule has 3 atom stereocenters. The van der Waals surface area contributed by atoms with Crippen LogP contribution in [-0.2, 0) is 9.57 Å². The van der Waals surface area contributed by atoms with Gasteiger partial charge < -0.3 is 10.1 Å². The molecule has 28 heavy (non-hydrogen) atoms. The minimum absolute atomic E-state index is 0.0121. The number of hydrogen-bond acceptors (Lipinski definition) is 4. The number of hydroxylamine groups is 1. The van der Waals surface area contributed by atoms with Gasteiger partial charge in [0.25, 0.3) is 0 Å². The van der Waals surface area contributed by atoms with Crippen molar-refractivity contribution < 1.29 is 9.57 Å². The number of ether oxygens (including phenoxy) is 1. The van der Waals surface area contributed by atoms with Crippen LogP contribution in [0.25, 0.3) is 0 Å². The van der Waals surface area contributed by atoms with Crippen molar-refractivity contribution in [1.82, 2.24) is 0 Å². The summed E-state index contributed by atoms with van der Waals surface area (Å²) in [5.41, 5.74) is 3.30. The van der Waals surface area contributed by atoms with Crippen LogP contribution < -0.4 is 10.4 Å². The first-order valence-corrected chi connectivity index (χ1v) is 9.90. The molecule has 4 nitrogen and oxygen atoms in total. The first-order valence-electron chi connectivity index (χ1n) is 9.90. The van der Waals surface area contributed by atoms with Gasteiger partial charge in [0, 0.05) is 12.1 Å². The van der Waals surface area contributed by atoms with Gasteiger partial charge in [-0.25, -0.2) is 9.90 Å². The van der Waals surface area contributed by atoms with Crippen LogP contribution in [-0.4, -0.2) is 18.4 Å². The Morgan fingerprint density at radius 2 is 1.46 bits per heavy atom. The largest absolute Gasteiger partial charge is 0.375 e. The second-order valence-electron chi connectivity index (χ2n) is 7.36. The van der Waals surface area contributed by atoms with Gasteiger partial charge in [-0.3, -0.25) is 0 Å². The van der Waals surface area contributed by atoms with Crippen molar-refractivity contribution in [3.63, 3.8) is 0 Å². The van der Waals surface area contributed by atoms with Gasteiger partial charge in [0.1, 0.15) is 12.1 Å². The molecular formula is C24H24N2O2. The number of para-hydroxylation sites is 2. The Labute approximate surface area is 165 Å². The molecule has 1 N–H and O–H groups in total. The van der Waals surface area contributed by atoms with Crippen molar-refractivity contribution in [3.05, 3.63) is 96.6 Å². The average Bonchev–Trinajstić information content (AvgIpc) is 3.36. The highest BCUT2D eigenvalue weighted by Gasteiger charge is 2.58. The van der Waals surface area contributed by atoms with E-state index in [2.05, 4.69) is 53.8 Å². The molecule has 2 aliphatic heterocycles. The molecule has 0 aliphatic carbocycles. The monoisotopic (exact) mass is 372 g/mol. The Balaban J connectivity index is 1.61. The van der Waals surface area contributed by atoms with E-state index in [1.807, 2.05) is 47.5 Å². The minimum Gasteiger partial charge on any atom is -0.375 e. The standard InChI is InChI=1S/C24H24N2O2/c1-4-11-19(12-5-1)22-23(25-20-13-6-2-7-14-20)24(17-10-18-27-24)28-26(22)21-15-8-3-9-16-21/h1-9,11-16,22-23,25H,10,17-18H2/t22-,23+,24-/m1/s1. The number of benzene rings is 3. The van der Waals surface area contributed by atoms with Gasteiger partial charge in [-0.1, -0.05) is 66.7 Å². The van der Waals surface area contributed by atoms with Gasteiger partial charge in [0.15, 0.2) is 0 Å². The van der Waals surface area contributed by atoms with Gasteiger partial charge in [-0.2, -0.15) is 0 Å². The Kier molecular flexibility index (Phi) is 4.51. The molecule has 5 rings (SSSR count). The third-order valence-electron chi connectivity index (χ3n) is 5.56. The lowest BCUT2D eigenvalue weighted by molar-refractivity contribution is -0.190. The van der Waals surface area contributed by atoms with Gasteiger partial charge in [0.2, 0.25) is 5.79 Å². The van der Waals surface area contributed by atoms with Crippen molar-refractivity contribution >= 4 is 11.4 Å². The Bertz CT molecular complexity index is 896. The highest BCUT2D eigenvalue weighted by molar-refractivity contribution is 5.52. The van der Waals surface area contributed by atoms with Gasteiger partial charge in [0.05, 0.1) is 12.3 Å². The molecule has 0 saturated carbocycles. The summed E-state index contributed by atoms with van der Waals surface area (Å²) in [6.07, 6.45) is 1.86. The van der Waals surface area contributed by atoms with Crippen LogP contribution >= 0.6 is 0 Å². The summed E-state index contributed by atoms with van der Waals surface area (Å²) < 4.78 is 6.26. The van der Waals surface area contributed by atoms with Crippen LogP contribution in [0.5, 0.6) is 0 Å². The van der Waals surface area contributed by atoms with Crippen LogP contribution in [0.15, 0.2) is 91.0 Å². The molecule has 0 aromatic heterocycles. The fraction of sp³-hybridized carbons (Fsp3) is 0.250. The van der Waals surface area contributed by atoms with E-state index in [0.29, 0.717) is 0 Å². The molecule has 2 saturated heterocycles. The highest BCUT2D eigenvalue weighted by atomic mass is 16.8. The molecule has 3 aromatic carbocycles. The summed E-state index contributed by atoms with van der Waals surface area (Å²) in [6.45, 7) is 0.719. The predicted molar refractivity (Wildman–Crippen MR) is 111 cm³/mol. The lowest BCUT2D eigenvalue weighted by Crippen LogP contribution is -2.45. The molecule has 1 spiro atoms. The van der Waals surface area contributed by atoms with E-state index in [-0.39, 0.29) is 12.1 Å². The average molecular weight is 372 g/mol. The summed E-state index contributed by atoms with van der Waals surface area (Å²) in [5.74, 6) is -0.674. The van der Waals surface area contributed by atoms with Crippen LogP contribution in [0.3, 0.4) is 0 Å². The zero-order chi connectivity index (χ0) is 18.8. The molecule has 2 heterocycles. The first kappa shape index (κ1) is 17.3. The van der Waals surface area contributed by atoms with E-state index in [0.717, 1.165) is 30.8 Å². The molecule has 0 amide bonds. The lowest BCUT2D eigenvalue weighted by Gasteiger charge is -2.30. The Morgan fingerprint density at radius 3 is 2.11 bits per heavy atom. The molecule has 142 valence electrons. The van der Waals surface area contributed by atoms with E-state index in [1.54, 1.807) is 0 Å². The molecule has 4 heteroatoms. The number of rotatable bonds is 4. The van der Waals surface area contributed by atoms with Crippen molar-refractivity contribution in [2.75, 3.05) is 17.0 Å². The van der Waals surface area contributed by atoms with Gasteiger partial charge in [-0.05, 0) is 36.2 Å². The third-order valence-corrected chi connectivity index (χ3v) is 5.56. The summed E-state index contributed by atoms with van der Waals surface area (Å²) >= 11 is 0. The maximum absolute atomic E-state index is 6.60. The zero-order valence-corrected chi connectivity index (χ0v) is 15.7. The van der Waals surface area contributed by atoms with Crippen molar-refractivity contribution in [2.45, 2.75) is 30.7 Å². The molecular weight excluding hydrogens is 348 g/mol. The van der Waals surface area contributed by atoms with Crippen molar-refractivity contribution in [3.8, 4) is 0 Å². The predicted octanol–water partition coefficient (Wildman–Crippen LogP) is 5.17. The fourth-order valence-corrected chi connectivity index (χ4v) is 4.28. The van der Waals surface area contributed by atoms with Crippen LogP contribution in [0, 0.1) is 0 Å². The van der Waals surface area contributed by atoms with E-state index in [4.69, 9.17) is 9.57 Å². The van der Waals surface area contributed by atoms with E-state index in [9.17, 15) is 0 Å². The summed E-state index contributed by atoms with van der Waals surface area (Å²) in [5, 5.41) is 5.76. The summed E-state index contributed by atoms with van der Waals surface area (Å²) in [4.78, 5) is 6.60. The number of nitrogens with one attached hydrogen (secondary N) is 1. The van der Waals surface area contributed by atoms with Gasteiger partial charge >= 0.3 is 0 Å². The smallest absolute Gasteiger partial charge is 0.217 e. The summed E-state index contributed by atoms with van der Waals surface area (Å²) in [6, 6.07) is 31.1.